The second kappa shape index (κ2) is 3.41. The van der Waals surface area contributed by atoms with Gasteiger partial charge in [-0.2, -0.15) is 18.4 Å². The summed E-state index contributed by atoms with van der Waals surface area (Å²) in [5.41, 5.74) is -0.399. The monoisotopic (exact) mass is 226 g/mol. The Labute approximate surface area is 90.7 Å². The Morgan fingerprint density at radius 1 is 1.44 bits per heavy atom. The molecule has 0 fully saturated rings. The lowest BCUT2D eigenvalue weighted by molar-refractivity contribution is -0.138. The lowest BCUT2D eigenvalue weighted by Gasteiger charge is -2.12. The topological polar surface area (TPSA) is 35.8 Å². The van der Waals surface area contributed by atoms with Crippen molar-refractivity contribution in [1.29, 1.82) is 5.26 Å². The molecule has 0 spiro atoms. The first-order valence-electron chi connectivity index (χ1n) is 4.83. The second-order valence-electron chi connectivity index (χ2n) is 3.87. The number of alkyl halides is 3. The maximum absolute atomic E-state index is 12.8. The molecule has 16 heavy (non-hydrogen) atoms. The number of benzene rings is 1. The molecule has 1 N–H and O–H groups in total. The van der Waals surface area contributed by atoms with Gasteiger partial charge in [0.25, 0.3) is 0 Å². The van der Waals surface area contributed by atoms with Crippen molar-refractivity contribution in [2.75, 3.05) is 5.32 Å². The molecule has 0 radical (unpaired) electrons. The van der Waals surface area contributed by atoms with Gasteiger partial charge in [0.15, 0.2) is 0 Å². The van der Waals surface area contributed by atoms with Gasteiger partial charge in [0.1, 0.15) is 0 Å². The summed E-state index contributed by atoms with van der Waals surface area (Å²) in [4.78, 5) is 0. The zero-order valence-electron chi connectivity index (χ0n) is 8.52. The van der Waals surface area contributed by atoms with Crippen molar-refractivity contribution in [1.82, 2.24) is 0 Å². The van der Waals surface area contributed by atoms with E-state index in [1.165, 1.54) is 12.1 Å². The lowest BCUT2D eigenvalue weighted by atomic mass is 9.98. The molecule has 1 aromatic rings. The predicted octanol–water partition coefficient (Wildman–Crippen LogP) is 2.93. The van der Waals surface area contributed by atoms with Crippen molar-refractivity contribution in [2.45, 2.75) is 25.6 Å². The molecule has 0 amide bonds. The van der Waals surface area contributed by atoms with Gasteiger partial charge < -0.3 is 5.32 Å². The number of nitriles is 1. The van der Waals surface area contributed by atoms with E-state index in [2.05, 4.69) is 5.32 Å². The first-order valence-corrected chi connectivity index (χ1v) is 4.83. The summed E-state index contributed by atoms with van der Waals surface area (Å²) < 4.78 is 38.5. The quantitative estimate of drug-likeness (QED) is 0.738. The van der Waals surface area contributed by atoms with Crippen LogP contribution in [0, 0.1) is 11.3 Å². The molecule has 1 heterocycles. The van der Waals surface area contributed by atoms with Crippen molar-refractivity contribution < 1.29 is 13.2 Å². The van der Waals surface area contributed by atoms with E-state index in [1.807, 2.05) is 6.92 Å². The van der Waals surface area contributed by atoms with E-state index in [9.17, 15) is 13.2 Å². The average molecular weight is 226 g/mol. The average Bonchev–Trinajstić information content (AvgIpc) is 2.54. The fraction of sp³-hybridized carbons (Fsp3) is 0.364. The number of nitrogens with one attached hydrogen (secondary N) is 1. The Bertz CT molecular complexity index is 471. The highest BCUT2D eigenvalue weighted by atomic mass is 19.4. The fourth-order valence-electron chi connectivity index (χ4n) is 2.03. The summed E-state index contributed by atoms with van der Waals surface area (Å²) in [5.74, 6) is 0. The normalized spacial score (nSPS) is 18.8. The summed E-state index contributed by atoms with van der Waals surface area (Å²) >= 11 is 0. The van der Waals surface area contributed by atoms with Gasteiger partial charge in [-0.15, -0.1) is 0 Å². The van der Waals surface area contributed by atoms with Crippen LogP contribution < -0.4 is 5.32 Å². The number of halogens is 3. The third kappa shape index (κ3) is 1.60. The molecule has 0 aromatic heterocycles. The largest absolute Gasteiger partial charge is 0.418 e. The molecule has 1 unspecified atom stereocenters. The minimum Gasteiger partial charge on any atom is -0.382 e. The number of hydrogen-bond donors (Lipinski definition) is 1. The third-order valence-corrected chi connectivity index (χ3v) is 2.63. The summed E-state index contributed by atoms with van der Waals surface area (Å²) in [6.07, 6.45) is -4.16. The summed E-state index contributed by atoms with van der Waals surface area (Å²) in [7, 11) is 0. The Morgan fingerprint density at radius 3 is 2.69 bits per heavy atom. The van der Waals surface area contributed by atoms with E-state index in [0.29, 0.717) is 12.1 Å². The first kappa shape index (κ1) is 10.8. The number of hydrogen-bond acceptors (Lipinski definition) is 2. The molecule has 2 rings (SSSR count). The van der Waals surface area contributed by atoms with Gasteiger partial charge in [0.05, 0.1) is 17.2 Å². The van der Waals surface area contributed by atoms with Gasteiger partial charge in [-0.1, -0.05) is 0 Å². The highest BCUT2D eigenvalue weighted by Gasteiger charge is 2.39. The van der Waals surface area contributed by atoms with Crippen molar-refractivity contribution in [3.8, 4) is 6.07 Å². The van der Waals surface area contributed by atoms with E-state index >= 15 is 0 Å². The van der Waals surface area contributed by atoms with Gasteiger partial charge >= 0.3 is 6.18 Å². The molecule has 0 aliphatic carbocycles. The van der Waals surface area contributed by atoms with Gasteiger partial charge in [0, 0.05) is 11.7 Å². The molecular weight excluding hydrogens is 217 g/mol. The molecule has 1 aliphatic heterocycles. The fourth-order valence-corrected chi connectivity index (χ4v) is 2.03. The lowest BCUT2D eigenvalue weighted by Crippen LogP contribution is -2.12. The Balaban J connectivity index is 2.66. The smallest absolute Gasteiger partial charge is 0.382 e. The van der Waals surface area contributed by atoms with Crippen molar-refractivity contribution >= 4 is 5.69 Å². The molecular formula is C11H9F3N2. The molecule has 84 valence electrons. The van der Waals surface area contributed by atoms with Crippen molar-refractivity contribution in [2.24, 2.45) is 0 Å². The number of fused-ring (bicyclic) bond motifs is 1. The van der Waals surface area contributed by atoms with Gasteiger partial charge in [-0.05, 0) is 31.0 Å². The minimum atomic E-state index is -4.47. The van der Waals surface area contributed by atoms with Crippen LogP contribution >= 0.6 is 0 Å². The first-order chi connectivity index (χ1) is 7.43. The van der Waals surface area contributed by atoms with Crippen LogP contribution in [0.3, 0.4) is 0 Å². The molecule has 1 aliphatic rings. The van der Waals surface area contributed by atoms with Crippen LogP contribution in [0.2, 0.25) is 0 Å². The van der Waals surface area contributed by atoms with E-state index < -0.39 is 11.7 Å². The number of rotatable bonds is 0. The SMILES string of the molecule is CC1Cc2c(ccc(C#N)c2C(F)(F)F)N1. The zero-order valence-corrected chi connectivity index (χ0v) is 8.52. The van der Waals surface area contributed by atoms with Gasteiger partial charge in [0.2, 0.25) is 0 Å². The van der Waals surface area contributed by atoms with Crippen molar-refractivity contribution in [3.63, 3.8) is 0 Å². The van der Waals surface area contributed by atoms with Crippen molar-refractivity contribution in [3.05, 3.63) is 28.8 Å². The second-order valence-corrected chi connectivity index (χ2v) is 3.87. The molecule has 1 aromatic carbocycles. The van der Waals surface area contributed by atoms with E-state index in [4.69, 9.17) is 5.26 Å². The van der Waals surface area contributed by atoms with Crippen LogP contribution in [-0.2, 0) is 12.6 Å². The maximum atomic E-state index is 12.8. The standard InChI is InChI=1S/C11H9F3N2/c1-6-4-8-9(16-6)3-2-7(5-15)10(8)11(12,13)14/h2-3,6,16H,4H2,1H3. The van der Waals surface area contributed by atoms with Gasteiger partial charge in [-0.25, -0.2) is 0 Å². The summed E-state index contributed by atoms with van der Waals surface area (Å²) in [5, 5.41) is 11.7. The Morgan fingerprint density at radius 2 is 2.12 bits per heavy atom. The van der Waals surface area contributed by atoms with Crippen LogP contribution in [0.25, 0.3) is 0 Å². The number of nitrogens with zero attached hydrogens (tertiary/aromatic N) is 1. The molecule has 0 bridgehead atoms. The highest BCUT2D eigenvalue weighted by molar-refractivity contribution is 5.64. The van der Waals surface area contributed by atoms with Crippen LogP contribution in [0.1, 0.15) is 23.6 Å². The zero-order chi connectivity index (χ0) is 11.9. The molecule has 5 heteroatoms. The van der Waals surface area contributed by atoms with E-state index in [1.54, 1.807) is 6.07 Å². The van der Waals surface area contributed by atoms with Crippen LogP contribution in [0.4, 0.5) is 18.9 Å². The van der Waals surface area contributed by atoms with Crippen LogP contribution in [0.5, 0.6) is 0 Å². The third-order valence-electron chi connectivity index (χ3n) is 2.63. The van der Waals surface area contributed by atoms with Crippen LogP contribution in [-0.4, -0.2) is 6.04 Å². The number of anilines is 1. The van der Waals surface area contributed by atoms with E-state index in [0.717, 1.165) is 0 Å². The maximum Gasteiger partial charge on any atom is 0.418 e. The molecule has 1 atom stereocenters. The molecule has 0 saturated carbocycles. The summed E-state index contributed by atoms with van der Waals surface area (Å²) in [6.45, 7) is 1.81. The highest BCUT2D eigenvalue weighted by Crippen LogP contribution is 2.40. The summed E-state index contributed by atoms with van der Waals surface area (Å²) in [6, 6.07) is 4.33. The predicted molar refractivity (Wildman–Crippen MR) is 52.9 cm³/mol. The van der Waals surface area contributed by atoms with Crippen LogP contribution in [0.15, 0.2) is 12.1 Å². The Hall–Kier alpha value is -1.70. The Kier molecular flexibility index (Phi) is 2.30. The van der Waals surface area contributed by atoms with E-state index in [-0.39, 0.29) is 17.2 Å². The molecule has 0 saturated heterocycles. The molecule has 2 nitrogen and oxygen atoms in total. The van der Waals surface area contributed by atoms with Gasteiger partial charge in [-0.3, -0.25) is 0 Å². The minimum absolute atomic E-state index is 0.0231.